The Morgan fingerprint density at radius 1 is 1.26 bits per heavy atom. The van der Waals surface area contributed by atoms with E-state index < -0.39 is 22.0 Å². The molecule has 0 spiro atoms. The van der Waals surface area contributed by atoms with E-state index >= 15 is 0 Å². The van der Waals surface area contributed by atoms with Gasteiger partial charge in [-0.25, -0.2) is 18.2 Å². The first-order valence-electron chi connectivity index (χ1n) is 5.50. The van der Waals surface area contributed by atoms with Gasteiger partial charge in [-0.3, -0.25) is 10.1 Å². The van der Waals surface area contributed by atoms with Crippen molar-refractivity contribution in [3.8, 4) is 0 Å². The maximum atomic E-state index is 12.1. The quantitative estimate of drug-likeness (QED) is 0.766. The predicted octanol–water partition coefficient (Wildman–Crippen LogP) is 0.0485. The molecule has 0 aliphatic carbocycles. The minimum Gasteiger partial charge on any atom is -0.275 e. The summed E-state index contributed by atoms with van der Waals surface area (Å²) in [6.07, 6.45) is 0. The molecule has 1 saturated heterocycles. The Balaban J connectivity index is 2.28. The van der Waals surface area contributed by atoms with Crippen molar-refractivity contribution in [1.29, 1.82) is 0 Å². The van der Waals surface area contributed by atoms with E-state index in [2.05, 4.69) is 4.83 Å². The van der Waals surface area contributed by atoms with Gasteiger partial charge in [-0.2, -0.15) is 0 Å². The van der Waals surface area contributed by atoms with Crippen molar-refractivity contribution < 1.29 is 18.0 Å². The van der Waals surface area contributed by atoms with Gasteiger partial charge in [0.1, 0.15) is 6.54 Å². The van der Waals surface area contributed by atoms with Crippen LogP contribution in [0.25, 0.3) is 0 Å². The number of rotatable bonds is 3. The van der Waals surface area contributed by atoms with Gasteiger partial charge in [0.2, 0.25) is 5.91 Å². The third-order valence-electron chi connectivity index (χ3n) is 2.64. The number of sulfonamides is 1. The molecule has 1 heterocycles. The lowest BCUT2D eigenvalue weighted by Gasteiger charge is -2.16. The minimum atomic E-state index is -3.88. The summed E-state index contributed by atoms with van der Waals surface area (Å²) in [4.78, 5) is 24.4. The molecule has 1 aromatic carbocycles. The molecule has 1 fully saturated rings. The zero-order valence-electron chi connectivity index (χ0n) is 10.4. The second-order valence-electron chi connectivity index (χ2n) is 4.30. The van der Waals surface area contributed by atoms with Gasteiger partial charge in [0.25, 0.3) is 10.0 Å². The van der Waals surface area contributed by atoms with Gasteiger partial charge in [-0.05, 0) is 25.5 Å². The van der Waals surface area contributed by atoms with Crippen molar-refractivity contribution in [2.75, 3.05) is 6.54 Å². The standard InChI is InChI=1S/C11H13N3O4S/c1-7-3-4-9(8(2)5-7)19(17,18)13-14-6-10(15)12-11(14)16/h3-5,13H,6H2,1-2H3,(H,12,15,16). The first-order valence-corrected chi connectivity index (χ1v) is 6.99. The maximum Gasteiger partial charge on any atom is 0.339 e. The summed E-state index contributed by atoms with van der Waals surface area (Å²) >= 11 is 0. The molecule has 0 saturated carbocycles. The molecule has 1 aliphatic heterocycles. The van der Waals surface area contributed by atoms with Crippen LogP contribution in [0.3, 0.4) is 0 Å². The summed E-state index contributed by atoms with van der Waals surface area (Å²) in [5.74, 6) is -0.548. The monoisotopic (exact) mass is 283 g/mol. The van der Waals surface area contributed by atoms with Crippen LogP contribution in [0.1, 0.15) is 11.1 Å². The van der Waals surface area contributed by atoms with Crippen LogP contribution in [0.5, 0.6) is 0 Å². The number of hydrogen-bond acceptors (Lipinski definition) is 4. The lowest BCUT2D eigenvalue weighted by atomic mass is 10.2. The van der Waals surface area contributed by atoms with Crippen LogP contribution in [-0.4, -0.2) is 31.9 Å². The average molecular weight is 283 g/mol. The molecule has 0 bridgehead atoms. The van der Waals surface area contributed by atoms with Crippen LogP contribution >= 0.6 is 0 Å². The van der Waals surface area contributed by atoms with E-state index in [1.165, 1.54) is 6.07 Å². The molecule has 3 amide bonds. The highest BCUT2D eigenvalue weighted by atomic mass is 32.2. The van der Waals surface area contributed by atoms with Crippen molar-refractivity contribution >= 4 is 22.0 Å². The highest BCUT2D eigenvalue weighted by Crippen LogP contribution is 2.16. The van der Waals surface area contributed by atoms with Gasteiger partial charge >= 0.3 is 6.03 Å². The molecule has 1 aromatic rings. The number of carbonyl (C=O) groups is 2. The Bertz CT molecular complexity index is 654. The third kappa shape index (κ3) is 2.74. The van der Waals surface area contributed by atoms with Crippen molar-refractivity contribution in [3.63, 3.8) is 0 Å². The first-order chi connectivity index (χ1) is 8.79. The Labute approximate surface area is 110 Å². The van der Waals surface area contributed by atoms with Crippen molar-refractivity contribution in [2.24, 2.45) is 0 Å². The Hall–Kier alpha value is -1.93. The maximum absolute atomic E-state index is 12.1. The first kappa shape index (κ1) is 13.5. The normalized spacial score (nSPS) is 15.8. The number of amides is 3. The molecule has 2 rings (SSSR count). The molecule has 8 heteroatoms. The van der Waals surface area contributed by atoms with Gasteiger partial charge in [0.05, 0.1) is 4.90 Å². The fourth-order valence-corrected chi connectivity index (χ4v) is 3.08. The molecule has 0 aromatic heterocycles. The summed E-state index contributed by atoms with van der Waals surface area (Å²) < 4.78 is 24.3. The number of nitrogens with zero attached hydrogens (tertiary/aromatic N) is 1. The second kappa shape index (κ2) is 4.63. The van der Waals surface area contributed by atoms with Crippen molar-refractivity contribution in [3.05, 3.63) is 29.3 Å². The number of aryl methyl sites for hydroxylation is 2. The molecule has 2 N–H and O–H groups in total. The van der Waals surface area contributed by atoms with Crippen LogP contribution in [-0.2, 0) is 14.8 Å². The number of carbonyl (C=O) groups excluding carboxylic acids is 2. The predicted molar refractivity (Wildman–Crippen MR) is 66.5 cm³/mol. The second-order valence-corrected chi connectivity index (χ2v) is 5.93. The topological polar surface area (TPSA) is 95.6 Å². The average Bonchev–Trinajstić information content (AvgIpc) is 2.55. The van der Waals surface area contributed by atoms with E-state index in [4.69, 9.17) is 0 Å². The zero-order chi connectivity index (χ0) is 14.2. The van der Waals surface area contributed by atoms with Gasteiger partial charge < -0.3 is 0 Å². The van der Waals surface area contributed by atoms with Crippen LogP contribution in [0.2, 0.25) is 0 Å². The summed E-state index contributed by atoms with van der Waals surface area (Å²) in [5.41, 5.74) is 1.50. The molecule has 7 nitrogen and oxygen atoms in total. The van der Waals surface area contributed by atoms with E-state index in [9.17, 15) is 18.0 Å². The Morgan fingerprint density at radius 2 is 1.95 bits per heavy atom. The van der Waals surface area contributed by atoms with Crippen LogP contribution in [0.4, 0.5) is 4.79 Å². The van der Waals surface area contributed by atoms with Crippen LogP contribution < -0.4 is 10.1 Å². The Morgan fingerprint density at radius 3 is 2.47 bits per heavy atom. The third-order valence-corrected chi connectivity index (χ3v) is 4.14. The molecule has 19 heavy (non-hydrogen) atoms. The number of benzene rings is 1. The molecule has 102 valence electrons. The number of hydrogen-bond donors (Lipinski definition) is 2. The summed E-state index contributed by atoms with van der Waals surface area (Å²) in [6, 6.07) is 4.07. The molecule has 0 unspecified atom stereocenters. The number of hydrazine groups is 1. The smallest absolute Gasteiger partial charge is 0.275 e. The lowest BCUT2D eigenvalue weighted by Crippen LogP contribution is -2.44. The van der Waals surface area contributed by atoms with Crippen LogP contribution in [0.15, 0.2) is 23.1 Å². The molecular formula is C11H13N3O4S. The molecular weight excluding hydrogens is 270 g/mol. The minimum absolute atomic E-state index is 0.0743. The number of imide groups is 1. The molecule has 0 radical (unpaired) electrons. The zero-order valence-corrected chi connectivity index (χ0v) is 11.2. The largest absolute Gasteiger partial charge is 0.339 e. The molecule has 1 aliphatic rings. The number of nitrogens with one attached hydrogen (secondary N) is 2. The highest BCUT2D eigenvalue weighted by molar-refractivity contribution is 7.89. The van der Waals surface area contributed by atoms with Crippen molar-refractivity contribution in [2.45, 2.75) is 18.7 Å². The fourth-order valence-electron chi connectivity index (χ4n) is 1.81. The summed E-state index contributed by atoms with van der Waals surface area (Å²) in [7, 11) is -3.88. The number of urea groups is 1. The summed E-state index contributed by atoms with van der Waals surface area (Å²) in [6.45, 7) is 3.18. The van der Waals surface area contributed by atoms with E-state index in [1.54, 1.807) is 19.1 Å². The van der Waals surface area contributed by atoms with E-state index in [1.807, 2.05) is 12.2 Å². The summed E-state index contributed by atoms with van der Waals surface area (Å²) in [5, 5.41) is 2.72. The van der Waals surface area contributed by atoms with Gasteiger partial charge in [0, 0.05) is 0 Å². The van der Waals surface area contributed by atoms with E-state index in [0.29, 0.717) is 5.56 Å². The van der Waals surface area contributed by atoms with Gasteiger partial charge in [-0.1, -0.05) is 17.7 Å². The Kier molecular flexibility index (Phi) is 3.29. The SMILES string of the molecule is Cc1ccc(S(=O)(=O)NN2CC(=O)NC2=O)c(C)c1. The molecule has 0 atom stereocenters. The lowest BCUT2D eigenvalue weighted by molar-refractivity contribution is -0.118. The van der Waals surface area contributed by atoms with E-state index in [-0.39, 0.29) is 11.4 Å². The van der Waals surface area contributed by atoms with Gasteiger partial charge in [0.15, 0.2) is 0 Å². The fraction of sp³-hybridized carbons (Fsp3) is 0.273. The van der Waals surface area contributed by atoms with E-state index in [0.717, 1.165) is 10.6 Å². The van der Waals surface area contributed by atoms with Crippen molar-refractivity contribution in [1.82, 2.24) is 15.2 Å². The van der Waals surface area contributed by atoms with Gasteiger partial charge in [-0.15, -0.1) is 4.83 Å². The highest BCUT2D eigenvalue weighted by Gasteiger charge is 2.31. The van der Waals surface area contributed by atoms with Crippen LogP contribution in [0, 0.1) is 13.8 Å².